The molecule has 1 aromatic rings. The first-order chi connectivity index (χ1) is 6.13. The van der Waals surface area contributed by atoms with Crippen LogP contribution in [0.1, 0.15) is 5.69 Å². The number of amidine groups is 1. The number of hydrogen-bond acceptors (Lipinski definition) is 4. The molecule has 1 heterocycles. The van der Waals surface area contributed by atoms with E-state index in [0.717, 1.165) is 4.85 Å². The summed E-state index contributed by atoms with van der Waals surface area (Å²) in [6.07, 6.45) is 1.36. The molecule has 70 valence electrons. The van der Waals surface area contributed by atoms with Gasteiger partial charge in [-0.2, -0.15) is 0 Å². The average Bonchev–Trinajstić information content (AvgIpc) is 2.52. The van der Waals surface area contributed by atoms with Crippen molar-refractivity contribution in [3.05, 3.63) is 18.0 Å². The van der Waals surface area contributed by atoms with E-state index in [-0.39, 0.29) is 17.4 Å². The van der Waals surface area contributed by atoms with Gasteiger partial charge in [0.1, 0.15) is 17.4 Å². The highest BCUT2D eigenvalue weighted by atomic mass is 35.5. The molecule has 0 bridgehead atoms. The third kappa shape index (κ3) is 2.45. The van der Waals surface area contributed by atoms with Crippen LogP contribution in [0, 0.1) is 5.41 Å². The van der Waals surface area contributed by atoms with Gasteiger partial charge in [0, 0.05) is 0 Å². The van der Waals surface area contributed by atoms with Crippen LogP contribution in [0.15, 0.2) is 12.3 Å². The van der Waals surface area contributed by atoms with Gasteiger partial charge in [-0.15, -0.1) is 16.7 Å². The number of halogens is 1. The quantitative estimate of drug-likeness (QED) is 0.387. The van der Waals surface area contributed by atoms with Crippen molar-refractivity contribution in [3.8, 4) is 0 Å². The largest absolute Gasteiger partial charge is 0.382 e. The maximum Gasteiger partial charge on any atom is 0.349 e. The predicted octanol–water partition coefficient (Wildman–Crippen LogP) is -0.639. The Labute approximate surface area is 78.7 Å². The third-order valence-corrected chi connectivity index (χ3v) is 1.36. The van der Waals surface area contributed by atoms with Crippen molar-refractivity contribution >= 4 is 23.4 Å². The molecule has 1 aromatic heterocycles. The van der Waals surface area contributed by atoms with Gasteiger partial charge >= 0.3 is 5.97 Å². The molecule has 0 aliphatic heterocycles. The summed E-state index contributed by atoms with van der Waals surface area (Å²) in [6.45, 7) is 0. The van der Waals surface area contributed by atoms with Crippen molar-refractivity contribution in [1.29, 1.82) is 5.41 Å². The number of nitrogens with two attached hydrogens (primary N) is 1. The molecule has 0 unspecified atom stereocenters. The molecule has 0 amide bonds. The number of carbonyl (C=O) groups excluding carboxylic acids is 1. The molecule has 0 atom stereocenters. The molecule has 0 saturated carbocycles. The number of hydrogen-bond donors (Lipinski definition) is 2. The highest BCUT2D eigenvalue weighted by Gasteiger charge is 2.05. The molecular formula is C6H7ClN4O2. The Hall–Kier alpha value is -1.56. The van der Waals surface area contributed by atoms with Crippen LogP contribution in [-0.4, -0.2) is 27.6 Å². The predicted molar refractivity (Wildman–Crippen MR) is 45.6 cm³/mol. The molecule has 7 heteroatoms. The summed E-state index contributed by atoms with van der Waals surface area (Å²) >= 11 is 5.19. The molecule has 1 rings (SSSR count). The summed E-state index contributed by atoms with van der Waals surface area (Å²) < 4.78 is 0. The first kappa shape index (κ1) is 9.53. The summed E-state index contributed by atoms with van der Waals surface area (Å²) in [5.74, 6) is -1.07. The number of aromatic nitrogens is 2. The molecule has 0 spiro atoms. The van der Waals surface area contributed by atoms with Gasteiger partial charge in [0.05, 0.1) is 6.20 Å². The lowest BCUT2D eigenvalue weighted by atomic mass is 10.4. The minimum absolute atomic E-state index is 0.194. The second-order valence-electron chi connectivity index (χ2n) is 2.11. The number of nitrogens with one attached hydrogen (secondary N) is 1. The second kappa shape index (κ2) is 3.90. The van der Waals surface area contributed by atoms with Gasteiger partial charge < -0.3 is 10.6 Å². The average molecular weight is 203 g/mol. The van der Waals surface area contributed by atoms with E-state index in [2.05, 4.69) is 9.94 Å². The summed E-state index contributed by atoms with van der Waals surface area (Å²) in [4.78, 5) is 16.1. The standard InChI is InChI=1S/C6H7ClN4O2/c7-3-5(12)13-11-2-1-4(10-11)6(8)9/h1-2H,3H2,(H3,8,9). The highest BCUT2D eigenvalue weighted by molar-refractivity contribution is 6.26. The topological polar surface area (TPSA) is 94.0 Å². The summed E-state index contributed by atoms with van der Waals surface area (Å²) in [6, 6.07) is 1.45. The molecule has 0 fully saturated rings. The lowest BCUT2D eigenvalue weighted by Gasteiger charge is -1.98. The zero-order valence-electron chi connectivity index (χ0n) is 6.53. The fourth-order valence-electron chi connectivity index (χ4n) is 0.630. The highest BCUT2D eigenvalue weighted by Crippen LogP contribution is 1.92. The molecule has 0 aliphatic carbocycles. The van der Waals surface area contributed by atoms with Crippen LogP contribution >= 0.6 is 11.6 Å². The fourth-order valence-corrected chi connectivity index (χ4v) is 0.679. The van der Waals surface area contributed by atoms with Crippen LogP contribution < -0.4 is 10.6 Å². The van der Waals surface area contributed by atoms with E-state index in [1.54, 1.807) is 0 Å². The SMILES string of the molecule is N=C(N)c1ccn(OC(=O)CCl)n1. The van der Waals surface area contributed by atoms with Gasteiger partial charge in [-0.25, -0.2) is 4.79 Å². The van der Waals surface area contributed by atoms with Crippen LogP contribution in [0.2, 0.25) is 0 Å². The number of alkyl halides is 1. The van der Waals surface area contributed by atoms with E-state index in [4.69, 9.17) is 22.7 Å². The zero-order valence-corrected chi connectivity index (χ0v) is 7.28. The van der Waals surface area contributed by atoms with Crippen molar-refractivity contribution in [2.45, 2.75) is 0 Å². The first-order valence-corrected chi connectivity index (χ1v) is 3.84. The van der Waals surface area contributed by atoms with Crippen molar-refractivity contribution in [3.63, 3.8) is 0 Å². The lowest BCUT2D eigenvalue weighted by molar-refractivity contribution is -0.142. The fraction of sp³-hybridized carbons (Fsp3) is 0.167. The summed E-state index contributed by atoms with van der Waals surface area (Å²) in [5.41, 5.74) is 5.37. The van der Waals surface area contributed by atoms with Gasteiger partial charge in [0.15, 0.2) is 0 Å². The van der Waals surface area contributed by atoms with Crippen LogP contribution in [0.3, 0.4) is 0 Å². The molecule has 0 aliphatic rings. The number of rotatable bonds is 3. The Morgan fingerprint density at radius 1 is 1.85 bits per heavy atom. The van der Waals surface area contributed by atoms with Gasteiger partial charge in [0.25, 0.3) is 0 Å². The number of nitrogens with zero attached hydrogens (tertiary/aromatic N) is 2. The van der Waals surface area contributed by atoms with E-state index >= 15 is 0 Å². The summed E-state index contributed by atoms with van der Waals surface area (Å²) in [7, 11) is 0. The van der Waals surface area contributed by atoms with Gasteiger partial charge in [-0.1, -0.05) is 4.85 Å². The monoisotopic (exact) mass is 202 g/mol. The molecule has 6 nitrogen and oxygen atoms in total. The molecule has 0 radical (unpaired) electrons. The van der Waals surface area contributed by atoms with E-state index in [0.29, 0.717) is 0 Å². The molecule has 0 aromatic carbocycles. The van der Waals surface area contributed by atoms with Crippen LogP contribution in [0.25, 0.3) is 0 Å². The Morgan fingerprint density at radius 3 is 3.00 bits per heavy atom. The molecule has 3 N–H and O–H groups in total. The van der Waals surface area contributed by atoms with Crippen molar-refractivity contribution in [2.75, 3.05) is 5.88 Å². The Kier molecular flexibility index (Phi) is 2.86. The van der Waals surface area contributed by atoms with Gasteiger partial charge in [-0.05, 0) is 6.07 Å². The van der Waals surface area contributed by atoms with E-state index < -0.39 is 5.97 Å². The minimum atomic E-state index is -0.625. The van der Waals surface area contributed by atoms with Crippen molar-refractivity contribution in [1.82, 2.24) is 9.94 Å². The maximum atomic E-state index is 10.7. The second-order valence-corrected chi connectivity index (χ2v) is 2.38. The Morgan fingerprint density at radius 2 is 2.54 bits per heavy atom. The van der Waals surface area contributed by atoms with Gasteiger partial charge in [0.2, 0.25) is 0 Å². The maximum absolute atomic E-state index is 10.7. The summed E-state index contributed by atoms with van der Waals surface area (Å²) in [5, 5.41) is 10.7. The van der Waals surface area contributed by atoms with Crippen molar-refractivity contribution < 1.29 is 9.63 Å². The van der Waals surface area contributed by atoms with Crippen LogP contribution in [0.4, 0.5) is 0 Å². The van der Waals surface area contributed by atoms with E-state index in [1.165, 1.54) is 12.3 Å². The number of nitrogen functional groups attached to an aromatic ring is 1. The minimum Gasteiger partial charge on any atom is -0.382 e. The first-order valence-electron chi connectivity index (χ1n) is 3.30. The molecule has 13 heavy (non-hydrogen) atoms. The van der Waals surface area contributed by atoms with Crippen molar-refractivity contribution in [2.24, 2.45) is 5.73 Å². The molecular weight excluding hydrogens is 196 g/mol. The normalized spacial score (nSPS) is 9.62. The number of carbonyl (C=O) groups is 1. The lowest BCUT2D eigenvalue weighted by Crippen LogP contribution is -2.22. The van der Waals surface area contributed by atoms with E-state index in [1.807, 2.05) is 0 Å². The van der Waals surface area contributed by atoms with E-state index in [9.17, 15) is 4.79 Å². The Balaban J connectivity index is 2.69. The van der Waals surface area contributed by atoms with Crippen LogP contribution in [-0.2, 0) is 4.79 Å². The van der Waals surface area contributed by atoms with Gasteiger partial charge in [-0.3, -0.25) is 5.41 Å². The molecule has 0 saturated heterocycles. The Bertz CT molecular complexity index is 335. The smallest absolute Gasteiger partial charge is 0.349 e. The third-order valence-electron chi connectivity index (χ3n) is 1.15. The zero-order chi connectivity index (χ0) is 9.84. The van der Waals surface area contributed by atoms with Crippen LogP contribution in [0.5, 0.6) is 0 Å².